The lowest BCUT2D eigenvalue weighted by atomic mass is 9.99. The summed E-state index contributed by atoms with van der Waals surface area (Å²) in [5, 5.41) is 11.8. The van der Waals surface area contributed by atoms with E-state index in [9.17, 15) is 9.59 Å². The van der Waals surface area contributed by atoms with Crippen molar-refractivity contribution in [3.8, 4) is 0 Å². The van der Waals surface area contributed by atoms with Gasteiger partial charge in [0, 0.05) is 13.0 Å². The second-order valence-electron chi connectivity index (χ2n) is 8.53. The van der Waals surface area contributed by atoms with Gasteiger partial charge in [-0.3, -0.25) is 9.59 Å². The molecule has 0 saturated carbocycles. The average Bonchev–Trinajstić information content (AvgIpc) is 2.61. The number of carboxylic acids is 1. The molecule has 0 saturated heterocycles. The highest BCUT2D eigenvalue weighted by molar-refractivity contribution is 5.77. The van der Waals surface area contributed by atoms with Crippen molar-refractivity contribution in [1.82, 2.24) is 10.2 Å². The molecule has 2 N–H and O–H groups in total. The Hall–Kier alpha value is -1.88. The highest BCUT2D eigenvalue weighted by Gasteiger charge is 2.16. The standard InChI is InChI=1S/C24H40N2O3/c1-19-14-15-20(2)21(16-19)12-10-8-6-5-7-9-11-13-23(27)25-22(17-24(28)29)18-26(3)4/h14-16,22H,5-13,17-18H2,1-4H3,(H,25,27)(H,28,29). The van der Waals surface area contributed by atoms with Gasteiger partial charge >= 0.3 is 5.97 Å². The molecule has 1 amide bonds. The van der Waals surface area contributed by atoms with Crippen molar-refractivity contribution in [1.29, 1.82) is 0 Å². The molecule has 0 heterocycles. The first-order valence-corrected chi connectivity index (χ1v) is 11.0. The normalized spacial score (nSPS) is 12.2. The van der Waals surface area contributed by atoms with E-state index in [1.54, 1.807) is 0 Å². The summed E-state index contributed by atoms with van der Waals surface area (Å²) in [6, 6.07) is 6.37. The maximum Gasteiger partial charge on any atom is 0.305 e. The number of hydrogen-bond acceptors (Lipinski definition) is 3. The van der Waals surface area contributed by atoms with Crippen molar-refractivity contribution in [3.05, 3.63) is 34.9 Å². The minimum absolute atomic E-state index is 0.0355. The van der Waals surface area contributed by atoms with Crippen LogP contribution in [-0.2, 0) is 16.0 Å². The Morgan fingerprint density at radius 1 is 1.00 bits per heavy atom. The van der Waals surface area contributed by atoms with E-state index in [0.29, 0.717) is 13.0 Å². The number of carboxylic acid groups (broad SMARTS) is 1. The van der Waals surface area contributed by atoms with Crippen LogP contribution in [-0.4, -0.2) is 48.6 Å². The number of amides is 1. The van der Waals surface area contributed by atoms with Gasteiger partial charge in [-0.25, -0.2) is 0 Å². The summed E-state index contributed by atoms with van der Waals surface area (Å²) in [5.74, 6) is -0.915. The number of hydrogen-bond donors (Lipinski definition) is 2. The molecule has 1 aromatic rings. The van der Waals surface area contributed by atoms with Gasteiger partial charge in [-0.05, 0) is 58.3 Å². The molecule has 0 aromatic heterocycles. The van der Waals surface area contributed by atoms with Gasteiger partial charge in [0.05, 0.1) is 12.5 Å². The van der Waals surface area contributed by atoms with Gasteiger partial charge < -0.3 is 15.3 Å². The number of nitrogens with one attached hydrogen (secondary N) is 1. The van der Waals surface area contributed by atoms with Crippen LogP contribution >= 0.6 is 0 Å². The summed E-state index contributed by atoms with van der Waals surface area (Å²) in [6.07, 6.45) is 9.67. The van der Waals surface area contributed by atoms with E-state index in [1.807, 2.05) is 19.0 Å². The number of unbranched alkanes of at least 4 members (excludes halogenated alkanes) is 6. The van der Waals surface area contributed by atoms with Crippen LogP contribution in [0.1, 0.15) is 74.5 Å². The van der Waals surface area contributed by atoms with E-state index in [2.05, 4.69) is 37.4 Å². The number of carbonyl (C=O) groups is 2. The fourth-order valence-corrected chi connectivity index (χ4v) is 3.67. The Balaban J connectivity index is 2.07. The third-order valence-corrected chi connectivity index (χ3v) is 5.23. The van der Waals surface area contributed by atoms with Crippen LogP contribution in [0.4, 0.5) is 0 Å². The molecule has 164 valence electrons. The molecule has 0 radical (unpaired) electrons. The third kappa shape index (κ3) is 12.3. The SMILES string of the molecule is Cc1ccc(C)c(CCCCCCCCCC(=O)NC(CC(=O)O)CN(C)C)c1. The molecule has 0 aliphatic carbocycles. The van der Waals surface area contributed by atoms with E-state index in [1.165, 1.54) is 42.4 Å². The Labute approximate surface area is 176 Å². The van der Waals surface area contributed by atoms with Crippen LogP contribution in [0.15, 0.2) is 18.2 Å². The second-order valence-corrected chi connectivity index (χ2v) is 8.53. The number of carbonyl (C=O) groups excluding carboxylic acids is 1. The minimum Gasteiger partial charge on any atom is -0.481 e. The van der Waals surface area contributed by atoms with Crippen molar-refractivity contribution in [3.63, 3.8) is 0 Å². The summed E-state index contributed by atoms with van der Waals surface area (Å²) in [5.41, 5.74) is 4.21. The molecule has 0 aliphatic heterocycles. The monoisotopic (exact) mass is 404 g/mol. The number of rotatable bonds is 15. The lowest BCUT2D eigenvalue weighted by molar-refractivity contribution is -0.137. The molecular formula is C24H40N2O3. The van der Waals surface area contributed by atoms with Crippen LogP contribution in [0.25, 0.3) is 0 Å². The minimum atomic E-state index is -0.880. The molecule has 1 rings (SSSR count). The summed E-state index contributed by atoms with van der Waals surface area (Å²) < 4.78 is 0. The summed E-state index contributed by atoms with van der Waals surface area (Å²) in [4.78, 5) is 24.9. The van der Waals surface area contributed by atoms with E-state index >= 15 is 0 Å². The lowest BCUT2D eigenvalue weighted by Crippen LogP contribution is -2.42. The molecule has 5 heteroatoms. The van der Waals surface area contributed by atoms with Gasteiger partial charge in [0.2, 0.25) is 5.91 Å². The van der Waals surface area contributed by atoms with Gasteiger partial charge in [0.25, 0.3) is 0 Å². The number of benzene rings is 1. The van der Waals surface area contributed by atoms with Crippen LogP contribution in [0, 0.1) is 13.8 Å². The van der Waals surface area contributed by atoms with Crippen molar-refractivity contribution in [2.75, 3.05) is 20.6 Å². The predicted octanol–water partition coefficient (Wildman–Crippen LogP) is 4.49. The highest BCUT2D eigenvalue weighted by atomic mass is 16.4. The van der Waals surface area contributed by atoms with Gasteiger partial charge in [-0.1, -0.05) is 55.9 Å². The molecular weight excluding hydrogens is 364 g/mol. The second kappa shape index (κ2) is 14.2. The number of nitrogens with zero attached hydrogens (tertiary/aromatic N) is 1. The molecule has 29 heavy (non-hydrogen) atoms. The summed E-state index contributed by atoms with van der Waals surface area (Å²) >= 11 is 0. The van der Waals surface area contributed by atoms with E-state index in [4.69, 9.17) is 5.11 Å². The first kappa shape index (κ1) is 25.2. The summed E-state index contributed by atoms with van der Waals surface area (Å²) in [6.45, 7) is 4.88. The van der Waals surface area contributed by atoms with Gasteiger partial charge in [-0.15, -0.1) is 0 Å². The number of aliphatic carboxylic acids is 1. The quantitative estimate of drug-likeness (QED) is 0.423. The Bertz CT molecular complexity index is 629. The van der Waals surface area contributed by atoms with Crippen molar-refractivity contribution in [2.24, 2.45) is 0 Å². The zero-order valence-corrected chi connectivity index (χ0v) is 18.8. The molecule has 1 aromatic carbocycles. The number of likely N-dealkylation sites (N-methyl/N-ethyl adjacent to an activating group) is 1. The number of aryl methyl sites for hydroxylation is 3. The maximum absolute atomic E-state index is 12.1. The van der Waals surface area contributed by atoms with Gasteiger partial charge in [0.15, 0.2) is 0 Å². The van der Waals surface area contributed by atoms with Crippen LogP contribution in [0.5, 0.6) is 0 Å². The smallest absolute Gasteiger partial charge is 0.305 e. The molecule has 0 fully saturated rings. The van der Waals surface area contributed by atoms with Gasteiger partial charge in [-0.2, -0.15) is 0 Å². The summed E-state index contributed by atoms with van der Waals surface area (Å²) in [7, 11) is 3.76. The fraction of sp³-hybridized carbons (Fsp3) is 0.667. The largest absolute Gasteiger partial charge is 0.481 e. The highest BCUT2D eigenvalue weighted by Crippen LogP contribution is 2.15. The molecule has 5 nitrogen and oxygen atoms in total. The third-order valence-electron chi connectivity index (χ3n) is 5.23. The van der Waals surface area contributed by atoms with E-state index < -0.39 is 5.97 Å². The predicted molar refractivity (Wildman–Crippen MR) is 119 cm³/mol. The van der Waals surface area contributed by atoms with Crippen LogP contribution in [0.2, 0.25) is 0 Å². The van der Waals surface area contributed by atoms with E-state index in [0.717, 1.165) is 25.7 Å². The van der Waals surface area contributed by atoms with Crippen LogP contribution in [0.3, 0.4) is 0 Å². The fourth-order valence-electron chi connectivity index (χ4n) is 3.67. The van der Waals surface area contributed by atoms with Crippen molar-refractivity contribution >= 4 is 11.9 Å². The van der Waals surface area contributed by atoms with Gasteiger partial charge in [0.1, 0.15) is 0 Å². The van der Waals surface area contributed by atoms with Crippen molar-refractivity contribution in [2.45, 2.75) is 84.1 Å². The van der Waals surface area contributed by atoms with Crippen LogP contribution < -0.4 is 5.32 Å². The molecule has 0 aliphatic rings. The maximum atomic E-state index is 12.1. The lowest BCUT2D eigenvalue weighted by Gasteiger charge is -2.20. The molecule has 1 atom stereocenters. The average molecular weight is 405 g/mol. The Morgan fingerprint density at radius 2 is 1.62 bits per heavy atom. The molecule has 0 bridgehead atoms. The van der Waals surface area contributed by atoms with Crippen molar-refractivity contribution < 1.29 is 14.7 Å². The topological polar surface area (TPSA) is 69.6 Å². The molecule has 1 unspecified atom stereocenters. The zero-order chi connectivity index (χ0) is 21.6. The Morgan fingerprint density at radius 3 is 2.24 bits per heavy atom. The first-order chi connectivity index (χ1) is 13.8. The molecule has 0 spiro atoms. The first-order valence-electron chi connectivity index (χ1n) is 11.0. The van der Waals surface area contributed by atoms with E-state index in [-0.39, 0.29) is 18.4 Å². The Kier molecular flexibility index (Phi) is 12.3. The zero-order valence-electron chi connectivity index (χ0n) is 18.8.